The second-order valence-corrected chi connectivity index (χ2v) is 4.75. The number of hydrogen-bond donors (Lipinski definition) is 1. The van der Waals surface area contributed by atoms with Gasteiger partial charge in [0.1, 0.15) is 5.75 Å². The smallest absolute Gasteiger partial charge is 0.140 e. The molecule has 1 aliphatic carbocycles. The third-order valence-electron chi connectivity index (χ3n) is 3.52. The minimum Gasteiger partial charge on any atom is -0.495 e. The fourth-order valence-electron chi connectivity index (χ4n) is 2.65. The summed E-state index contributed by atoms with van der Waals surface area (Å²) in [5.41, 5.74) is 1.13. The summed E-state index contributed by atoms with van der Waals surface area (Å²) in [7, 11) is 1.72. The highest BCUT2D eigenvalue weighted by Crippen LogP contribution is 2.37. The van der Waals surface area contributed by atoms with Gasteiger partial charge >= 0.3 is 0 Å². The minimum atomic E-state index is 0.556. The van der Waals surface area contributed by atoms with Crippen LogP contribution in [0.25, 0.3) is 0 Å². The van der Waals surface area contributed by atoms with Gasteiger partial charge < -0.3 is 10.1 Å². The number of rotatable bonds is 5. The zero-order chi connectivity index (χ0) is 12.1. The molecule has 3 nitrogen and oxygen atoms in total. The first kappa shape index (κ1) is 12.4. The zero-order valence-corrected chi connectivity index (χ0v) is 10.8. The molecule has 0 spiro atoms. The molecule has 0 aromatic carbocycles. The highest BCUT2D eigenvalue weighted by atomic mass is 16.5. The molecule has 1 aromatic heterocycles. The Kier molecular flexibility index (Phi) is 4.37. The summed E-state index contributed by atoms with van der Waals surface area (Å²) in [6.07, 6.45) is 6.73. The van der Waals surface area contributed by atoms with Crippen molar-refractivity contribution < 1.29 is 4.74 Å². The summed E-state index contributed by atoms with van der Waals surface area (Å²) in [6.45, 7) is 3.33. The second-order valence-electron chi connectivity index (χ2n) is 4.75. The lowest BCUT2D eigenvalue weighted by molar-refractivity contribution is 0.401. The summed E-state index contributed by atoms with van der Waals surface area (Å²) in [5.74, 6) is 1.49. The highest BCUT2D eigenvalue weighted by molar-refractivity contribution is 5.30. The molecule has 0 bridgehead atoms. The van der Waals surface area contributed by atoms with Gasteiger partial charge in [0.25, 0.3) is 0 Å². The molecule has 0 aliphatic heterocycles. The number of methoxy groups -OCH3 is 1. The van der Waals surface area contributed by atoms with Crippen molar-refractivity contribution in [1.29, 1.82) is 0 Å². The molecular formula is C14H22N2O. The van der Waals surface area contributed by atoms with Crippen molar-refractivity contribution in [3.05, 3.63) is 24.0 Å². The number of hydrogen-bond acceptors (Lipinski definition) is 3. The third-order valence-corrected chi connectivity index (χ3v) is 3.52. The molecule has 3 heteroatoms. The minimum absolute atomic E-state index is 0.556. The Morgan fingerprint density at radius 3 is 3.12 bits per heavy atom. The lowest BCUT2D eigenvalue weighted by Crippen LogP contribution is -2.26. The van der Waals surface area contributed by atoms with Gasteiger partial charge in [-0.05, 0) is 44.4 Å². The Morgan fingerprint density at radius 1 is 1.47 bits per heavy atom. The van der Waals surface area contributed by atoms with Crippen LogP contribution in [0.2, 0.25) is 0 Å². The molecule has 1 saturated carbocycles. The van der Waals surface area contributed by atoms with Crippen LogP contribution in [0.15, 0.2) is 18.3 Å². The van der Waals surface area contributed by atoms with E-state index in [1.165, 1.54) is 25.7 Å². The summed E-state index contributed by atoms with van der Waals surface area (Å²) in [4.78, 5) is 4.49. The Bertz CT molecular complexity index is 354. The standard InChI is InChI=1S/C14H22N2O/c1-3-8-15-12-7-6-11(10-12)14-13(17-2)5-4-9-16-14/h4-5,9,11-12,15H,3,6-8,10H2,1-2H3. The van der Waals surface area contributed by atoms with Gasteiger partial charge in [0.2, 0.25) is 0 Å². The van der Waals surface area contributed by atoms with E-state index >= 15 is 0 Å². The molecule has 0 radical (unpaired) electrons. The number of ether oxygens (including phenoxy) is 1. The average Bonchev–Trinajstić information content (AvgIpc) is 2.85. The van der Waals surface area contributed by atoms with Crippen molar-refractivity contribution in [2.45, 2.75) is 44.6 Å². The van der Waals surface area contributed by atoms with E-state index in [4.69, 9.17) is 4.74 Å². The molecule has 2 atom stereocenters. The molecule has 1 heterocycles. The van der Waals surface area contributed by atoms with E-state index < -0.39 is 0 Å². The maximum absolute atomic E-state index is 5.39. The van der Waals surface area contributed by atoms with Crippen LogP contribution in [0.5, 0.6) is 5.75 Å². The van der Waals surface area contributed by atoms with Gasteiger partial charge in [-0.15, -0.1) is 0 Å². The quantitative estimate of drug-likeness (QED) is 0.850. The number of aromatic nitrogens is 1. The van der Waals surface area contributed by atoms with Gasteiger partial charge in [0.05, 0.1) is 12.8 Å². The van der Waals surface area contributed by atoms with E-state index in [1.807, 2.05) is 18.3 Å². The fraction of sp³-hybridized carbons (Fsp3) is 0.643. The Balaban J connectivity index is 1.99. The van der Waals surface area contributed by atoms with Crippen LogP contribution in [0.3, 0.4) is 0 Å². The predicted octanol–water partition coefficient (Wildman–Crippen LogP) is 2.73. The van der Waals surface area contributed by atoms with Gasteiger partial charge in [-0.25, -0.2) is 0 Å². The van der Waals surface area contributed by atoms with Crippen LogP contribution < -0.4 is 10.1 Å². The van der Waals surface area contributed by atoms with Gasteiger partial charge in [0, 0.05) is 18.2 Å². The lowest BCUT2D eigenvalue weighted by atomic mass is 10.0. The molecule has 17 heavy (non-hydrogen) atoms. The van der Waals surface area contributed by atoms with Crippen LogP contribution in [-0.2, 0) is 0 Å². The van der Waals surface area contributed by atoms with Crippen LogP contribution in [-0.4, -0.2) is 24.7 Å². The molecule has 2 unspecified atom stereocenters. The van der Waals surface area contributed by atoms with Crippen LogP contribution in [0.4, 0.5) is 0 Å². The van der Waals surface area contributed by atoms with E-state index in [9.17, 15) is 0 Å². The Morgan fingerprint density at radius 2 is 2.35 bits per heavy atom. The third kappa shape index (κ3) is 2.97. The Labute approximate surface area is 104 Å². The molecular weight excluding hydrogens is 212 g/mol. The molecule has 2 rings (SSSR count). The zero-order valence-electron chi connectivity index (χ0n) is 10.8. The summed E-state index contributed by atoms with van der Waals surface area (Å²) in [5, 5.41) is 3.60. The van der Waals surface area contributed by atoms with E-state index in [0.717, 1.165) is 18.0 Å². The van der Waals surface area contributed by atoms with Crippen molar-refractivity contribution in [3.8, 4) is 5.75 Å². The van der Waals surface area contributed by atoms with Crippen LogP contribution >= 0.6 is 0 Å². The topological polar surface area (TPSA) is 34.2 Å². The molecule has 94 valence electrons. The Hall–Kier alpha value is -1.09. The number of nitrogens with zero attached hydrogens (tertiary/aromatic N) is 1. The summed E-state index contributed by atoms with van der Waals surface area (Å²) < 4.78 is 5.39. The second kappa shape index (κ2) is 6.01. The summed E-state index contributed by atoms with van der Waals surface area (Å²) in [6, 6.07) is 4.60. The molecule has 1 N–H and O–H groups in total. The van der Waals surface area contributed by atoms with E-state index in [2.05, 4.69) is 17.2 Å². The molecule has 1 aromatic rings. The first-order valence-electron chi connectivity index (χ1n) is 6.57. The largest absolute Gasteiger partial charge is 0.495 e. The van der Waals surface area contributed by atoms with Crippen LogP contribution in [0, 0.1) is 0 Å². The molecule has 0 saturated heterocycles. The monoisotopic (exact) mass is 234 g/mol. The SMILES string of the molecule is CCCNC1CCC(c2ncccc2OC)C1. The summed E-state index contributed by atoms with van der Waals surface area (Å²) >= 11 is 0. The number of nitrogens with one attached hydrogen (secondary N) is 1. The van der Waals surface area contributed by atoms with Gasteiger partial charge in [-0.2, -0.15) is 0 Å². The predicted molar refractivity (Wildman–Crippen MR) is 69.5 cm³/mol. The van der Waals surface area contributed by atoms with Crippen molar-refractivity contribution in [3.63, 3.8) is 0 Å². The van der Waals surface area contributed by atoms with Gasteiger partial charge in [-0.3, -0.25) is 4.98 Å². The lowest BCUT2D eigenvalue weighted by Gasteiger charge is -2.14. The molecule has 0 amide bonds. The van der Waals surface area contributed by atoms with E-state index in [1.54, 1.807) is 7.11 Å². The molecule has 1 fully saturated rings. The van der Waals surface area contributed by atoms with Gasteiger partial charge in [-0.1, -0.05) is 6.92 Å². The van der Waals surface area contributed by atoms with Crippen molar-refractivity contribution >= 4 is 0 Å². The van der Waals surface area contributed by atoms with Crippen molar-refractivity contribution in [1.82, 2.24) is 10.3 Å². The first-order valence-corrected chi connectivity index (χ1v) is 6.57. The van der Waals surface area contributed by atoms with Crippen molar-refractivity contribution in [2.24, 2.45) is 0 Å². The van der Waals surface area contributed by atoms with E-state index in [-0.39, 0.29) is 0 Å². The first-order chi connectivity index (χ1) is 8.35. The highest BCUT2D eigenvalue weighted by Gasteiger charge is 2.28. The number of pyridine rings is 1. The van der Waals surface area contributed by atoms with Gasteiger partial charge in [0.15, 0.2) is 0 Å². The normalized spacial score (nSPS) is 23.9. The van der Waals surface area contributed by atoms with E-state index in [0.29, 0.717) is 12.0 Å². The van der Waals surface area contributed by atoms with Crippen LogP contribution in [0.1, 0.15) is 44.2 Å². The maximum Gasteiger partial charge on any atom is 0.140 e. The molecule has 1 aliphatic rings. The average molecular weight is 234 g/mol. The van der Waals surface area contributed by atoms with Crippen molar-refractivity contribution in [2.75, 3.05) is 13.7 Å². The fourth-order valence-corrected chi connectivity index (χ4v) is 2.65. The maximum atomic E-state index is 5.39.